The number of piperidine rings is 1. The van der Waals surface area contributed by atoms with Gasteiger partial charge in [0.25, 0.3) is 5.91 Å². The highest BCUT2D eigenvalue weighted by atomic mass is 16.5. The van der Waals surface area contributed by atoms with Gasteiger partial charge in [0.05, 0.1) is 0 Å². The van der Waals surface area contributed by atoms with Gasteiger partial charge in [-0.1, -0.05) is 35.5 Å². The molecule has 2 aliphatic heterocycles. The van der Waals surface area contributed by atoms with E-state index in [1.54, 1.807) is 6.07 Å². The van der Waals surface area contributed by atoms with E-state index >= 15 is 0 Å². The molecule has 1 saturated carbocycles. The van der Waals surface area contributed by atoms with Crippen molar-refractivity contribution >= 4 is 11.8 Å². The fourth-order valence-electron chi connectivity index (χ4n) is 4.83. The molecule has 2 saturated heterocycles. The van der Waals surface area contributed by atoms with Crippen molar-refractivity contribution in [2.24, 2.45) is 11.3 Å². The molecule has 1 unspecified atom stereocenters. The molecule has 1 aromatic carbocycles. The number of benzene rings is 1. The van der Waals surface area contributed by atoms with Crippen LogP contribution in [0.4, 0.5) is 0 Å². The molecule has 2 aromatic rings. The Morgan fingerprint density at radius 1 is 1.10 bits per heavy atom. The van der Waals surface area contributed by atoms with Gasteiger partial charge in [0.1, 0.15) is 0 Å². The van der Waals surface area contributed by atoms with Crippen LogP contribution >= 0.6 is 0 Å². The van der Waals surface area contributed by atoms with Gasteiger partial charge in [-0.05, 0) is 37.5 Å². The van der Waals surface area contributed by atoms with E-state index < -0.39 is 0 Å². The molecule has 158 valence electrons. The largest absolute Gasteiger partial charge is 0.381 e. The van der Waals surface area contributed by atoms with E-state index in [1.807, 2.05) is 35.2 Å². The van der Waals surface area contributed by atoms with Gasteiger partial charge < -0.3 is 19.5 Å². The van der Waals surface area contributed by atoms with E-state index in [0.29, 0.717) is 24.7 Å². The molecule has 2 amide bonds. The molecule has 1 N–H and O–H groups in total. The van der Waals surface area contributed by atoms with Crippen molar-refractivity contribution in [2.45, 2.75) is 38.1 Å². The molecular formula is C23H27N3O4. The highest BCUT2D eigenvalue weighted by molar-refractivity contribution is 5.93. The van der Waals surface area contributed by atoms with Crippen molar-refractivity contribution in [3.63, 3.8) is 0 Å². The quantitative estimate of drug-likeness (QED) is 0.839. The minimum absolute atomic E-state index is 0.119. The Morgan fingerprint density at radius 3 is 2.57 bits per heavy atom. The standard InChI is InChI=1S/C23H27N3O4/c27-21(18-14-19(30-25-18)16-4-2-1-3-5-16)24-20-15-23(20)8-10-26(11-9-23)22(28)17-6-12-29-13-7-17/h1-5,14,17,20H,6-13,15H2,(H,24,27). The summed E-state index contributed by atoms with van der Waals surface area (Å²) in [6.07, 6.45) is 4.53. The third-order valence-corrected chi connectivity index (χ3v) is 6.94. The zero-order valence-electron chi connectivity index (χ0n) is 17.0. The Kier molecular flexibility index (Phi) is 5.06. The predicted octanol–water partition coefficient (Wildman–Crippen LogP) is 2.88. The number of carbonyl (C=O) groups excluding carboxylic acids is 2. The number of ether oxygens (including phenoxy) is 1. The van der Waals surface area contributed by atoms with Gasteiger partial charge >= 0.3 is 0 Å². The molecule has 1 aromatic heterocycles. The zero-order valence-corrected chi connectivity index (χ0v) is 17.0. The van der Waals surface area contributed by atoms with Gasteiger partial charge in [0.2, 0.25) is 5.91 Å². The summed E-state index contributed by atoms with van der Waals surface area (Å²) < 4.78 is 10.7. The monoisotopic (exact) mass is 409 g/mol. The molecule has 0 bridgehead atoms. The van der Waals surface area contributed by atoms with E-state index in [9.17, 15) is 9.59 Å². The molecule has 7 heteroatoms. The molecule has 5 rings (SSSR count). The second-order valence-corrected chi connectivity index (χ2v) is 8.75. The molecule has 0 radical (unpaired) electrons. The van der Waals surface area contributed by atoms with Crippen molar-refractivity contribution < 1.29 is 18.8 Å². The number of likely N-dealkylation sites (tertiary alicyclic amines) is 1. The maximum absolute atomic E-state index is 12.7. The highest BCUT2D eigenvalue weighted by Gasteiger charge is 2.56. The van der Waals surface area contributed by atoms with E-state index in [2.05, 4.69) is 10.5 Å². The molecular weight excluding hydrogens is 382 g/mol. The molecule has 30 heavy (non-hydrogen) atoms. The second-order valence-electron chi connectivity index (χ2n) is 8.75. The number of carbonyl (C=O) groups is 2. The molecule has 1 atom stereocenters. The Balaban J connectivity index is 1.14. The number of amides is 2. The van der Waals surface area contributed by atoms with Crippen molar-refractivity contribution in [1.82, 2.24) is 15.4 Å². The summed E-state index contributed by atoms with van der Waals surface area (Å²) in [4.78, 5) is 27.4. The first-order chi connectivity index (χ1) is 14.6. The van der Waals surface area contributed by atoms with E-state index in [4.69, 9.17) is 9.26 Å². The van der Waals surface area contributed by atoms with E-state index in [0.717, 1.165) is 50.8 Å². The topological polar surface area (TPSA) is 84.7 Å². The number of hydrogen-bond donors (Lipinski definition) is 1. The lowest BCUT2D eigenvalue weighted by Gasteiger charge is -2.36. The van der Waals surface area contributed by atoms with Crippen LogP contribution in [-0.2, 0) is 9.53 Å². The van der Waals surface area contributed by atoms with Gasteiger partial charge in [-0.2, -0.15) is 0 Å². The van der Waals surface area contributed by atoms with Crippen LogP contribution < -0.4 is 5.32 Å². The minimum Gasteiger partial charge on any atom is -0.381 e. The Labute approximate surface area is 175 Å². The minimum atomic E-state index is -0.191. The van der Waals surface area contributed by atoms with Crippen LogP contribution in [0.2, 0.25) is 0 Å². The Bertz CT molecular complexity index is 912. The van der Waals surface area contributed by atoms with Crippen LogP contribution in [-0.4, -0.2) is 54.2 Å². The first-order valence-corrected chi connectivity index (χ1v) is 10.8. The van der Waals surface area contributed by atoms with Crippen LogP contribution in [0, 0.1) is 11.3 Å². The summed E-state index contributed by atoms with van der Waals surface area (Å²) in [6, 6.07) is 11.5. The summed E-state index contributed by atoms with van der Waals surface area (Å²) in [6.45, 7) is 2.95. The number of aromatic nitrogens is 1. The van der Waals surface area contributed by atoms with Crippen LogP contribution in [0.15, 0.2) is 40.9 Å². The maximum Gasteiger partial charge on any atom is 0.273 e. The van der Waals surface area contributed by atoms with Crippen LogP contribution in [0.5, 0.6) is 0 Å². The number of nitrogens with one attached hydrogen (secondary N) is 1. The normalized spacial score (nSPS) is 23.3. The fraction of sp³-hybridized carbons (Fsp3) is 0.522. The summed E-state index contributed by atoms with van der Waals surface area (Å²) >= 11 is 0. The lowest BCUT2D eigenvalue weighted by Crippen LogP contribution is -2.45. The first kappa shape index (κ1) is 19.3. The number of nitrogens with zero attached hydrogens (tertiary/aromatic N) is 2. The molecule has 3 aliphatic rings. The van der Waals surface area contributed by atoms with Gasteiger partial charge in [0.15, 0.2) is 11.5 Å². The van der Waals surface area contributed by atoms with Gasteiger partial charge in [-0.3, -0.25) is 9.59 Å². The highest BCUT2D eigenvalue weighted by Crippen LogP contribution is 2.54. The first-order valence-electron chi connectivity index (χ1n) is 10.8. The average molecular weight is 409 g/mol. The number of hydrogen-bond acceptors (Lipinski definition) is 5. The predicted molar refractivity (Wildman–Crippen MR) is 110 cm³/mol. The molecule has 3 fully saturated rings. The van der Waals surface area contributed by atoms with Gasteiger partial charge in [0, 0.05) is 49.9 Å². The van der Waals surface area contributed by atoms with Crippen molar-refractivity contribution in [3.8, 4) is 11.3 Å². The second kappa shape index (κ2) is 7.87. The third kappa shape index (κ3) is 3.74. The lowest BCUT2D eigenvalue weighted by atomic mass is 9.90. The van der Waals surface area contributed by atoms with Crippen molar-refractivity contribution in [1.29, 1.82) is 0 Å². The van der Waals surface area contributed by atoms with Gasteiger partial charge in [-0.25, -0.2) is 0 Å². The third-order valence-electron chi connectivity index (χ3n) is 6.94. The SMILES string of the molecule is O=C(NC1CC12CCN(C(=O)C1CCOCC1)CC2)c1cc(-c2ccccc2)on1. The summed E-state index contributed by atoms with van der Waals surface area (Å²) in [7, 11) is 0. The lowest BCUT2D eigenvalue weighted by molar-refractivity contribution is -0.140. The van der Waals surface area contributed by atoms with Crippen LogP contribution in [0.25, 0.3) is 11.3 Å². The summed E-state index contributed by atoms with van der Waals surface area (Å²) in [5, 5.41) is 7.07. The molecule has 1 spiro atoms. The van der Waals surface area contributed by atoms with Crippen LogP contribution in [0.1, 0.15) is 42.6 Å². The fourth-order valence-corrected chi connectivity index (χ4v) is 4.83. The Morgan fingerprint density at radius 2 is 1.83 bits per heavy atom. The average Bonchev–Trinajstić information content (AvgIpc) is 3.22. The van der Waals surface area contributed by atoms with E-state index in [1.165, 1.54) is 0 Å². The van der Waals surface area contributed by atoms with Crippen molar-refractivity contribution in [2.75, 3.05) is 26.3 Å². The van der Waals surface area contributed by atoms with Crippen LogP contribution in [0.3, 0.4) is 0 Å². The smallest absolute Gasteiger partial charge is 0.273 e. The summed E-state index contributed by atoms with van der Waals surface area (Å²) in [5.41, 5.74) is 1.34. The Hall–Kier alpha value is -2.67. The number of rotatable bonds is 4. The van der Waals surface area contributed by atoms with Gasteiger partial charge in [-0.15, -0.1) is 0 Å². The molecule has 3 heterocycles. The summed E-state index contributed by atoms with van der Waals surface area (Å²) in [5.74, 6) is 0.800. The molecule has 7 nitrogen and oxygen atoms in total. The van der Waals surface area contributed by atoms with Crippen molar-refractivity contribution in [3.05, 3.63) is 42.1 Å². The maximum atomic E-state index is 12.7. The van der Waals surface area contributed by atoms with E-state index in [-0.39, 0.29) is 29.2 Å². The zero-order chi connectivity index (χ0) is 20.6. The molecule has 1 aliphatic carbocycles.